The van der Waals surface area contributed by atoms with E-state index in [1.165, 1.54) is 16.0 Å². The van der Waals surface area contributed by atoms with Crippen LogP contribution >= 0.6 is 0 Å². The zero-order chi connectivity index (χ0) is 15.2. The van der Waals surface area contributed by atoms with Gasteiger partial charge in [-0.15, -0.1) is 0 Å². The Morgan fingerprint density at radius 2 is 2.05 bits per heavy atom. The first-order valence-electron chi connectivity index (χ1n) is 7.35. The Hall–Kier alpha value is -2.04. The molecule has 1 saturated carbocycles. The Morgan fingerprint density at radius 1 is 1.33 bits per heavy atom. The molecule has 5 heteroatoms. The van der Waals surface area contributed by atoms with E-state index in [1.54, 1.807) is 0 Å². The van der Waals surface area contributed by atoms with E-state index in [2.05, 4.69) is 5.32 Å². The van der Waals surface area contributed by atoms with Gasteiger partial charge in [-0.2, -0.15) is 0 Å². The maximum Gasteiger partial charge on any atom is 0.323 e. The summed E-state index contributed by atoms with van der Waals surface area (Å²) in [6, 6.07) is 7.77. The van der Waals surface area contributed by atoms with E-state index in [9.17, 15) is 9.59 Å². The van der Waals surface area contributed by atoms with Gasteiger partial charge in [-0.05, 0) is 43.2 Å². The monoisotopic (exact) mass is 290 g/mol. The lowest BCUT2D eigenvalue weighted by molar-refractivity contribution is -0.137. The molecule has 1 aromatic carbocycles. The molecule has 2 rings (SSSR count). The van der Waals surface area contributed by atoms with Crippen LogP contribution in [0.25, 0.3) is 0 Å². The minimum absolute atomic E-state index is 0.229. The molecule has 0 saturated heterocycles. The van der Waals surface area contributed by atoms with Crippen molar-refractivity contribution in [3.63, 3.8) is 0 Å². The van der Waals surface area contributed by atoms with Gasteiger partial charge in [0.1, 0.15) is 6.54 Å². The zero-order valence-corrected chi connectivity index (χ0v) is 12.3. The third-order valence-corrected chi connectivity index (χ3v) is 3.72. The fourth-order valence-corrected chi connectivity index (χ4v) is 2.30. The number of urea groups is 1. The lowest BCUT2D eigenvalue weighted by atomic mass is 10.1. The number of nitrogens with one attached hydrogen (secondary N) is 1. The third-order valence-electron chi connectivity index (χ3n) is 3.72. The van der Waals surface area contributed by atoms with Gasteiger partial charge >= 0.3 is 12.0 Å². The third kappa shape index (κ3) is 5.10. The van der Waals surface area contributed by atoms with Crippen LogP contribution in [-0.2, 0) is 11.2 Å². The first kappa shape index (κ1) is 15.4. The average Bonchev–Trinajstić information content (AvgIpc) is 3.23. The molecule has 2 N–H and O–H groups in total. The second-order valence-electron chi connectivity index (χ2n) is 5.63. The van der Waals surface area contributed by atoms with Gasteiger partial charge in [-0.25, -0.2) is 4.79 Å². The summed E-state index contributed by atoms with van der Waals surface area (Å²) in [5.74, 6) is -0.490. The molecule has 1 aromatic rings. The van der Waals surface area contributed by atoms with Crippen LogP contribution in [0.3, 0.4) is 0 Å². The van der Waals surface area contributed by atoms with Gasteiger partial charge in [-0.3, -0.25) is 4.79 Å². The maximum absolute atomic E-state index is 12.1. The number of aliphatic carboxylic acids is 1. The fourth-order valence-electron chi connectivity index (χ4n) is 2.30. The second-order valence-corrected chi connectivity index (χ2v) is 5.63. The number of rotatable bonds is 7. The topological polar surface area (TPSA) is 69.6 Å². The summed E-state index contributed by atoms with van der Waals surface area (Å²) in [7, 11) is 0. The van der Waals surface area contributed by atoms with Gasteiger partial charge in [0.05, 0.1) is 0 Å². The van der Waals surface area contributed by atoms with E-state index >= 15 is 0 Å². The van der Waals surface area contributed by atoms with Crippen LogP contribution in [-0.4, -0.2) is 41.6 Å². The number of benzene rings is 1. The van der Waals surface area contributed by atoms with Crippen molar-refractivity contribution < 1.29 is 14.7 Å². The van der Waals surface area contributed by atoms with Crippen molar-refractivity contribution in [2.75, 3.05) is 19.6 Å². The van der Waals surface area contributed by atoms with Crippen LogP contribution in [0, 0.1) is 12.8 Å². The summed E-state index contributed by atoms with van der Waals surface area (Å²) in [6.45, 7) is 2.88. The van der Waals surface area contributed by atoms with Crippen molar-refractivity contribution in [1.29, 1.82) is 0 Å². The quantitative estimate of drug-likeness (QED) is 0.807. The van der Waals surface area contributed by atoms with Crippen LogP contribution in [0.1, 0.15) is 24.0 Å². The van der Waals surface area contributed by atoms with Gasteiger partial charge in [0.25, 0.3) is 0 Å². The van der Waals surface area contributed by atoms with E-state index in [1.807, 2.05) is 31.2 Å². The number of hydrogen-bond acceptors (Lipinski definition) is 2. The molecular weight excluding hydrogens is 268 g/mol. The predicted molar refractivity (Wildman–Crippen MR) is 80.2 cm³/mol. The molecule has 2 amide bonds. The molecule has 0 bridgehead atoms. The predicted octanol–water partition coefficient (Wildman–Crippen LogP) is 2.04. The Labute approximate surface area is 125 Å². The van der Waals surface area contributed by atoms with Crippen LogP contribution in [0.5, 0.6) is 0 Å². The Morgan fingerprint density at radius 3 is 2.67 bits per heavy atom. The maximum atomic E-state index is 12.1. The molecule has 0 atom stereocenters. The number of carbonyl (C=O) groups is 2. The standard InChI is InChI=1S/C16H22N2O3/c1-12-4-2-3-5-14(12)8-9-17-16(21)18(11-15(19)20)10-13-6-7-13/h2-5,13H,6-11H2,1H3,(H,17,21)(H,19,20). The summed E-state index contributed by atoms with van der Waals surface area (Å²) in [4.78, 5) is 24.3. The number of carboxylic acid groups (broad SMARTS) is 1. The SMILES string of the molecule is Cc1ccccc1CCNC(=O)N(CC(=O)O)CC1CC1. The Kier molecular flexibility index (Phi) is 5.20. The molecule has 0 aromatic heterocycles. The van der Waals surface area contributed by atoms with E-state index in [4.69, 9.17) is 5.11 Å². The summed E-state index contributed by atoms with van der Waals surface area (Å²) in [6.07, 6.45) is 2.93. The molecule has 1 fully saturated rings. The van der Waals surface area contributed by atoms with Crippen LogP contribution in [0.2, 0.25) is 0 Å². The first-order chi connectivity index (χ1) is 10.1. The molecule has 0 aliphatic heterocycles. The molecule has 0 unspecified atom stereocenters. The van der Waals surface area contributed by atoms with Gasteiger partial charge in [0, 0.05) is 13.1 Å². The molecule has 114 valence electrons. The molecule has 1 aliphatic carbocycles. The highest BCUT2D eigenvalue weighted by atomic mass is 16.4. The Balaban J connectivity index is 1.80. The van der Waals surface area contributed by atoms with Crippen LogP contribution < -0.4 is 5.32 Å². The van der Waals surface area contributed by atoms with E-state index in [0.717, 1.165) is 19.3 Å². The molecule has 21 heavy (non-hydrogen) atoms. The Bertz CT molecular complexity index is 512. The van der Waals surface area contributed by atoms with E-state index in [-0.39, 0.29) is 12.6 Å². The van der Waals surface area contributed by atoms with Crippen molar-refractivity contribution in [3.8, 4) is 0 Å². The van der Waals surface area contributed by atoms with Crippen molar-refractivity contribution in [1.82, 2.24) is 10.2 Å². The van der Waals surface area contributed by atoms with Gasteiger partial charge in [0.15, 0.2) is 0 Å². The molecular formula is C16H22N2O3. The van der Waals surface area contributed by atoms with E-state index < -0.39 is 5.97 Å². The van der Waals surface area contributed by atoms with Crippen LogP contribution in [0.4, 0.5) is 4.79 Å². The highest BCUT2D eigenvalue weighted by Crippen LogP contribution is 2.29. The minimum atomic E-state index is -0.968. The largest absolute Gasteiger partial charge is 0.480 e. The number of nitrogens with zero attached hydrogens (tertiary/aromatic N) is 1. The van der Waals surface area contributed by atoms with Crippen molar-refractivity contribution in [2.24, 2.45) is 5.92 Å². The number of aryl methyl sites for hydroxylation is 1. The molecule has 0 heterocycles. The smallest absolute Gasteiger partial charge is 0.323 e. The molecule has 1 aliphatic rings. The number of carbonyl (C=O) groups excluding carboxylic acids is 1. The van der Waals surface area contributed by atoms with Gasteiger partial charge in [-0.1, -0.05) is 24.3 Å². The fraction of sp³-hybridized carbons (Fsp3) is 0.500. The number of carboxylic acids is 1. The molecule has 0 spiro atoms. The first-order valence-corrected chi connectivity index (χ1v) is 7.35. The minimum Gasteiger partial charge on any atom is -0.480 e. The summed E-state index contributed by atoms with van der Waals surface area (Å²) in [5.41, 5.74) is 2.40. The zero-order valence-electron chi connectivity index (χ0n) is 12.3. The van der Waals surface area contributed by atoms with Gasteiger partial charge in [0.2, 0.25) is 0 Å². The number of hydrogen-bond donors (Lipinski definition) is 2. The van der Waals surface area contributed by atoms with E-state index in [0.29, 0.717) is 19.0 Å². The lowest BCUT2D eigenvalue weighted by Gasteiger charge is -2.21. The highest BCUT2D eigenvalue weighted by Gasteiger charge is 2.27. The summed E-state index contributed by atoms with van der Waals surface area (Å²) in [5, 5.41) is 11.7. The van der Waals surface area contributed by atoms with Gasteiger partial charge < -0.3 is 15.3 Å². The molecule has 5 nitrogen and oxygen atoms in total. The molecule has 0 radical (unpaired) electrons. The second kappa shape index (κ2) is 7.11. The van der Waals surface area contributed by atoms with Crippen molar-refractivity contribution in [2.45, 2.75) is 26.2 Å². The van der Waals surface area contributed by atoms with Crippen molar-refractivity contribution in [3.05, 3.63) is 35.4 Å². The van der Waals surface area contributed by atoms with Crippen LogP contribution in [0.15, 0.2) is 24.3 Å². The summed E-state index contributed by atoms with van der Waals surface area (Å²) >= 11 is 0. The summed E-state index contributed by atoms with van der Waals surface area (Å²) < 4.78 is 0. The highest BCUT2D eigenvalue weighted by molar-refractivity contribution is 5.80. The van der Waals surface area contributed by atoms with Crippen molar-refractivity contribution >= 4 is 12.0 Å². The lowest BCUT2D eigenvalue weighted by Crippen LogP contribution is -2.44. The average molecular weight is 290 g/mol. The normalized spacial score (nSPS) is 13.8. The number of amides is 2.